The summed E-state index contributed by atoms with van der Waals surface area (Å²) in [7, 11) is 0.281. The molecule has 0 bridgehead atoms. The number of rotatable bonds is 4. The van der Waals surface area contributed by atoms with E-state index in [1.165, 1.54) is 6.92 Å². The first-order valence-electron chi connectivity index (χ1n) is 6.12. The van der Waals surface area contributed by atoms with Crippen molar-refractivity contribution in [2.75, 3.05) is 19.8 Å². The molecule has 0 N–H and O–H groups in total. The van der Waals surface area contributed by atoms with E-state index in [2.05, 4.69) is 27.7 Å². The van der Waals surface area contributed by atoms with Gasteiger partial charge in [0, 0.05) is 22.4 Å². The van der Waals surface area contributed by atoms with Crippen LogP contribution in [0.1, 0.15) is 34.6 Å². The molecule has 0 amide bonds. The van der Waals surface area contributed by atoms with Gasteiger partial charge in [-0.2, -0.15) is 0 Å². The van der Waals surface area contributed by atoms with Crippen LogP contribution in [-0.2, 0) is 14.3 Å². The van der Waals surface area contributed by atoms with Crippen LogP contribution in [0.5, 0.6) is 0 Å². The van der Waals surface area contributed by atoms with Crippen LogP contribution >= 0.6 is 0 Å². The molecular formula is C12H26O3Si. The highest BCUT2D eigenvalue weighted by Gasteiger charge is 2.18. The third kappa shape index (κ3) is 10.2. The van der Waals surface area contributed by atoms with E-state index in [9.17, 15) is 4.79 Å². The quantitative estimate of drug-likeness (QED) is 0.562. The Hall–Kier alpha value is -0.353. The molecule has 1 aliphatic rings. The van der Waals surface area contributed by atoms with Gasteiger partial charge in [0.05, 0.1) is 19.8 Å². The first-order valence-corrected chi connectivity index (χ1v) is 7.76. The van der Waals surface area contributed by atoms with Crippen molar-refractivity contribution in [2.24, 2.45) is 5.92 Å². The standard InChI is InChI=1S/C6H10O3.C6H16Si/c1-5(7)9-4-6-2-8-3-6;1-5(2)7-6(3)4/h6H,2-4H2,1H3;5-6H,7H2,1-4H3. The molecule has 1 saturated heterocycles. The Labute approximate surface area is 102 Å². The highest BCUT2D eigenvalue weighted by atomic mass is 28.2. The Morgan fingerprint density at radius 3 is 2.00 bits per heavy atom. The Morgan fingerprint density at radius 2 is 1.81 bits per heavy atom. The number of carbonyl (C=O) groups excluding carboxylic acids is 1. The summed E-state index contributed by atoms with van der Waals surface area (Å²) in [6.45, 7) is 12.7. The Bertz CT molecular complexity index is 183. The molecule has 0 saturated carbocycles. The third-order valence-electron chi connectivity index (χ3n) is 2.17. The van der Waals surface area contributed by atoms with Gasteiger partial charge in [0.25, 0.3) is 0 Å². The van der Waals surface area contributed by atoms with E-state index in [1.54, 1.807) is 0 Å². The average Bonchev–Trinajstić information content (AvgIpc) is 1.98. The predicted molar refractivity (Wildman–Crippen MR) is 69.7 cm³/mol. The lowest BCUT2D eigenvalue weighted by Crippen LogP contribution is -2.32. The van der Waals surface area contributed by atoms with Crippen LogP contribution in [0, 0.1) is 5.92 Å². The molecule has 1 heterocycles. The molecule has 3 nitrogen and oxygen atoms in total. The molecule has 0 radical (unpaired) electrons. The first kappa shape index (κ1) is 15.6. The lowest BCUT2D eigenvalue weighted by molar-refractivity contribution is -0.148. The van der Waals surface area contributed by atoms with Crippen LogP contribution in [0.25, 0.3) is 0 Å². The molecule has 0 aliphatic carbocycles. The van der Waals surface area contributed by atoms with E-state index >= 15 is 0 Å². The Morgan fingerprint density at radius 1 is 1.31 bits per heavy atom. The van der Waals surface area contributed by atoms with Gasteiger partial charge >= 0.3 is 5.97 Å². The highest BCUT2D eigenvalue weighted by Crippen LogP contribution is 2.09. The molecule has 1 fully saturated rings. The summed E-state index contributed by atoms with van der Waals surface area (Å²) in [5, 5.41) is 0. The largest absolute Gasteiger partial charge is 0.465 e. The fourth-order valence-electron chi connectivity index (χ4n) is 1.56. The highest BCUT2D eigenvalue weighted by molar-refractivity contribution is 6.38. The molecule has 1 rings (SSSR count). The second-order valence-electron chi connectivity index (χ2n) is 5.23. The van der Waals surface area contributed by atoms with Crippen LogP contribution in [0.2, 0.25) is 11.1 Å². The minimum atomic E-state index is -0.207. The van der Waals surface area contributed by atoms with Gasteiger partial charge in [-0.05, 0) is 0 Å². The number of ether oxygens (including phenoxy) is 2. The van der Waals surface area contributed by atoms with Crippen molar-refractivity contribution < 1.29 is 14.3 Å². The normalized spacial score (nSPS) is 15.4. The molecule has 4 heteroatoms. The van der Waals surface area contributed by atoms with E-state index < -0.39 is 0 Å². The molecule has 96 valence electrons. The van der Waals surface area contributed by atoms with Gasteiger partial charge < -0.3 is 9.47 Å². The Kier molecular flexibility index (Phi) is 8.57. The molecular weight excluding hydrogens is 220 g/mol. The zero-order valence-electron chi connectivity index (χ0n) is 11.3. The maximum Gasteiger partial charge on any atom is 0.302 e. The average molecular weight is 246 g/mol. The van der Waals surface area contributed by atoms with Crippen molar-refractivity contribution in [3.8, 4) is 0 Å². The molecule has 0 aromatic heterocycles. The first-order chi connectivity index (χ1) is 7.41. The summed E-state index contributed by atoms with van der Waals surface area (Å²) in [5.41, 5.74) is 2.03. The summed E-state index contributed by atoms with van der Waals surface area (Å²) < 4.78 is 9.60. The van der Waals surface area contributed by atoms with E-state index in [4.69, 9.17) is 9.47 Å². The molecule has 1 aliphatic heterocycles. The van der Waals surface area contributed by atoms with Crippen molar-refractivity contribution >= 4 is 15.5 Å². The minimum Gasteiger partial charge on any atom is -0.465 e. The number of esters is 1. The third-order valence-corrected chi connectivity index (χ3v) is 4.06. The van der Waals surface area contributed by atoms with Crippen molar-refractivity contribution in [2.45, 2.75) is 45.7 Å². The second-order valence-corrected chi connectivity index (χ2v) is 8.97. The summed E-state index contributed by atoms with van der Waals surface area (Å²) in [5.74, 6) is 0.246. The van der Waals surface area contributed by atoms with E-state index in [-0.39, 0.29) is 15.5 Å². The second kappa shape index (κ2) is 8.76. The minimum absolute atomic E-state index is 0.207. The van der Waals surface area contributed by atoms with E-state index in [0.29, 0.717) is 12.5 Å². The van der Waals surface area contributed by atoms with Gasteiger partial charge in [0.15, 0.2) is 0 Å². The molecule has 0 aromatic carbocycles. The number of hydrogen-bond acceptors (Lipinski definition) is 3. The predicted octanol–water partition coefficient (Wildman–Crippen LogP) is 2.01. The summed E-state index contributed by atoms with van der Waals surface area (Å²) in [6.07, 6.45) is 0. The zero-order chi connectivity index (χ0) is 12.6. The topological polar surface area (TPSA) is 35.5 Å². The SMILES string of the molecule is CC(=O)OCC1COC1.CC(C)[SiH2]C(C)C. The fourth-order valence-corrected chi connectivity index (χ4v) is 3.44. The van der Waals surface area contributed by atoms with Crippen molar-refractivity contribution in [1.82, 2.24) is 0 Å². The number of hydrogen-bond donors (Lipinski definition) is 0. The summed E-state index contributed by atoms with van der Waals surface area (Å²) in [4.78, 5) is 10.2. The van der Waals surface area contributed by atoms with Gasteiger partial charge in [0.2, 0.25) is 0 Å². The van der Waals surface area contributed by atoms with E-state index in [0.717, 1.165) is 24.3 Å². The smallest absolute Gasteiger partial charge is 0.302 e. The van der Waals surface area contributed by atoms with Crippen LogP contribution in [0.4, 0.5) is 0 Å². The monoisotopic (exact) mass is 246 g/mol. The van der Waals surface area contributed by atoms with Gasteiger partial charge in [-0.3, -0.25) is 4.79 Å². The van der Waals surface area contributed by atoms with Crippen LogP contribution < -0.4 is 0 Å². The number of carbonyl (C=O) groups is 1. The molecule has 0 atom stereocenters. The van der Waals surface area contributed by atoms with Gasteiger partial charge in [0.1, 0.15) is 0 Å². The lowest BCUT2D eigenvalue weighted by atomic mass is 10.1. The molecule has 16 heavy (non-hydrogen) atoms. The van der Waals surface area contributed by atoms with E-state index in [1.807, 2.05) is 0 Å². The summed E-state index contributed by atoms with van der Waals surface area (Å²) >= 11 is 0. The fraction of sp³-hybridized carbons (Fsp3) is 0.917. The molecule has 0 spiro atoms. The van der Waals surface area contributed by atoms with Crippen molar-refractivity contribution in [1.29, 1.82) is 0 Å². The van der Waals surface area contributed by atoms with Crippen LogP contribution in [0.15, 0.2) is 0 Å². The van der Waals surface area contributed by atoms with Crippen LogP contribution in [0.3, 0.4) is 0 Å². The van der Waals surface area contributed by atoms with Crippen LogP contribution in [-0.4, -0.2) is 35.3 Å². The summed E-state index contributed by atoms with van der Waals surface area (Å²) in [6, 6.07) is 0. The van der Waals surface area contributed by atoms with Crippen molar-refractivity contribution in [3.05, 3.63) is 0 Å². The van der Waals surface area contributed by atoms with Gasteiger partial charge in [-0.1, -0.05) is 38.8 Å². The zero-order valence-corrected chi connectivity index (χ0v) is 12.7. The van der Waals surface area contributed by atoms with Gasteiger partial charge in [-0.25, -0.2) is 0 Å². The maximum atomic E-state index is 10.2. The Balaban J connectivity index is 0.000000293. The molecule has 0 aromatic rings. The lowest BCUT2D eigenvalue weighted by Gasteiger charge is -2.24. The maximum absolute atomic E-state index is 10.2. The molecule has 0 unspecified atom stereocenters. The van der Waals surface area contributed by atoms with Gasteiger partial charge in [-0.15, -0.1) is 0 Å². The van der Waals surface area contributed by atoms with Crippen molar-refractivity contribution in [3.63, 3.8) is 0 Å².